The number of rotatable bonds is 6. The number of anilines is 1. The second-order valence-electron chi connectivity index (χ2n) is 4.40. The lowest BCUT2D eigenvalue weighted by Crippen LogP contribution is -2.06. The van der Waals surface area contributed by atoms with E-state index in [4.69, 9.17) is 4.74 Å². The van der Waals surface area contributed by atoms with Gasteiger partial charge in [0.25, 0.3) is 0 Å². The van der Waals surface area contributed by atoms with Crippen molar-refractivity contribution in [2.45, 2.75) is 19.8 Å². The minimum Gasteiger partial charge on any atom is -0.496 e. The van der Waals surface area contributed by atoms with E-state index in [9.17, 15) is 0 Å². The smallest absolute Gasteiger partial charge is 0.144 e. The molecule has 0 unspecified atom stereocenters. The zero-order chi connectivity index (χ0) is 14.4. The molecule has 0 aliphatic heterocycles. The molecule has 0 spiro atoms. The van der Waals surface area contributed by atoms with Gasteiger partial charge in [-0.2, -0.15) is 0 Å². The predicted molar refractivity (Wildman–Crippen MR) is 84.3 cm³/mol. The summed E-state index contributed by atoms with van der Waals surface area (Å²) in [6, 6.07) is 7.93. The molecule has 0 fully saturated rings. The monoisotopic (exact) mass is 335 g/mol. The number of halogens is 1. The van der Waals surface area contributed by atoms with E-state index >= 15 is 0 Å². The van der Waals surface area contributed by atoms with Gasteiger partial charge in [-0.1, -0.05) is 25.1 Å². The molecular weight excluding hydrogens is 318 g/mol. The highest BCUT2D eigenvalue weighted by Gasteiger charge is 2.08. The van der Waals surface area contributed by atoms with Crippen LogP contribution in [0.4, 0.5) is 5.82 Å². The van der Waals surface area contributed by atoms with Crippen molar-refractivity contribution in [3.05, 3.63) is 46.3 Å². The van der Waals surface area contributed by atoms with E-state index in [-0.39, 0.29) is 0 Å². The molecule has 4 nitrogen and oxygen atoms in total. The molecule has 1 aromatic carbocycles. The highest BCUT2D eigenvalue weighted by Crippen LogP contribution is 2.22. The molecule has 0 aliphatic carbocycles. The minimum atomic E-state index is 0.651. The van der Waals surface area contributed by atoms with Crippen molar-refractivity contribution in [2.24, 2.45) is 0 Å². The van der Waals surface area contributed by atoms with E-state index in [2.05, 4.69) is 38.1 Å². The van der Waals surface area contributed by atoms with Gasteiger partial charge in [0.15, 0.2) is 0 Å². The third kappa shape index (κ3) is 3.70. The molecule has 2 aromatic rings. The fraction of sp³-hybridized carbons (Fsp3) is 0.333. The van der Waals surface area contributed by atoms with Crippen LogP contribution < -0.4 is 10.1 Å². The van der Waals surface area contributed by atoms with Crippen LogP contribution in [-0.4, -0.2) is 23.6 Å². The summed E-state index contributed by atoms with van der Waals surface area (Å²) in [5, 5.41) is 3.29. The van der Waals surface area contributed by atoms with E-state index in [0.717, 1.165) is 40.4 Å². The van der Waals surface area contributed by atoms with Crippen LogP contribution in [0, 0.1) is 0 Å². The lowest BCUT2D eigenvalue weighted by Gasteiger charge is -2.10. The van der Waals surface area contributed by atoms with Gasteiger partial charge in [-0.05, 0) is 28.4 Å². The first kappa shape index (κ1) is 14.8. The molecule has 106 valence electrons. The van der Waals surface area contributed by atoms with E-state index in [0.29, 0.717) is 6.42 Å². The Morgan fingerprint density at radius 3 is 2.85 bits per heavy atom. The third-order valence-corrected chi connectivity index (χ3v) is 3.46. The molecule has 0 saturated carbocycles. The number of hydrogen-bond acceptors (Lipinski definition) is 4. The van der Waals surface area contributed by atoms with Crippen molar-refractivity contribution in [1.82, 2.24) is 9.97 Å². The normalized spacial score (nSPS) is 10.3. The molecule has 5 heteroatoms. The van der Waals surface area contributed by atoms with Gasteiger partial charge in [0.1, 0.15) is 17.4 Å². The maximum Gasteiger partial charge on any atom is 0.144 e. The number of nitrogens with zero attached hydrogens (tertiary/aromatic N) is 2. The van der Waals surface area contributed by atoms with Crippen molar-refractivity contribution in [1.29, 1.82) is 0 Å². The summed E-state index contributed by atoms with van der Waals surface area (Å²) in [5.74, 6) is 2.48. The van der Waals surface area contributed by atoms with Gasteiger partial charge in [-0.3, -0.25) is 0 Å². The zero-order valence-corrected chi connectivity index (χ0v) is 13.3. The second-order valence-corrected chi connectivity index (χ2v) is 5.25. The van der Waals surface area contributed by atoms with Crippen LogP contribution in [0.2, 0.25) is 0 Å². The number of benzene rings is 1. The number of hydrogen-bond donors (Lipinski definition) is 1. The van der Waals surface area contributed by atoms with Gasteiger partial charge in [0.2, 0.25) is 0 Å². The van der Waals surface area contributed by atoms with Crippen LogP contribution >= 0.6 is 15.9 Å². The summed E-state index contributed by atoms with van der Waals surface area (Å²) in [6.07, 6.45) is 3.49. The summed E-state index contributed by atoms with van der Waals surface area (Å²) < 4.78 is 6.24. The number of para-hydroxylation sites is 1. The van der Waals surface area contributed by atoms with Crippen LogP contribution in [0.1, 0.15) is 24.7 Å². The van der Waals surface area contributed by atoms with Crippen LogP contribution in [0.5, 0.6) is 5.75 Å². The Labute approximate surface area is 127 Å². The Balaban J connectivity index is 2.20. The summed E-state index contributed by atoms with van der Waals surface area (Å²) in [7, 11) is 1.68. The standard InChI is InChI=1S/C15H18BrN3O/c1-3-8-17-15-12(16)10-18-14(19-15)9-11-6-4-5-7-13(11)20-2/h4-7,10H,3,8-9H2,1-2H3,(H,17,18,19). The van der Waals surface area contributed by atoms with Gasteiger partial charge < -0.3 is 10.1 Å². The molecular formula is C15H18BrN3O. The molecule has 0 atom stereocenters. The molecule has 0 bridgehead atoms. The Morgan fingerprint density at radius 1 is 1.30 bits per heavy atom. The van der Waals surface area contributed by atoms with Gasteiger partial charge in [-0.15, -0.1) is 0 Å². The van der Waals surface area contributed by atoms with E-state index in [1.54, 1.807) is 13.3 Å². The minimum absolute atomic E-state index is 0.651. The first-order chi connectivity index (χ1) is 9.74. The highest BCUT2D eigenvalue weighted by atomic mass is 79.9. The lowest BCUT2D eigenvalue weighted by molar-refractivity contribution is 0.410. The quantitative estimate of drug-likeness (QED) is 0.875. The molecule has 0 saturated heterocycles. The molecule has 1 aromatic heterocycles. The van der Waals surface area contributed by atoms with Gasteiger partial charge >= 0.3 is 0 Å². The Bertz CT molecular complexity index is 575. The van der Waals surface area contributed by atoms with Crippen molar-refractivity contribution in [2.75, 3.05) is 19.0 Å². The van der Waals surface area contributed by atoms with Crippen molar-refractivity contribution in [3.8, 4) is 5.75 Å². The maximum absolute atomic E-state index is 5.36. The van der Waals surface area contributed by atoms with Gasteiger partial charge in [-0.25, -0.2) is 9.97 Å². The first-order valence-corrected chi connectivity index (χ1v) is 7.41. The Morgan fingerprint density at radius 2 is 2.10 bits per heavy atom. The van der Waals surface area contributed by atoms with Crippen LogP contribution in [0.3, 0.4) is 0 Å². The highest BCUT2D eigenvalue weighted by molar-refractivity contribution is 9.10. The first-order valence-electron chi connectivity index (χ1n) is 6.61. The average molecular weight is 336 g/mol. The summed E-state index contributed by atoms with van der Waals surface area (Å²) in [6.45, 7) is 3.02. The number of ether oxygens (including phenoxy) is 1. The summed E-state index contributed by atoms with van der Waals surface area (Å²) >= 11 is 3.46. The van der Waals surface area contributed by atoms with Gasteiger partial charge in [0.05, 0.1) is 11.6 Å². The average Bonchev–Trinajstić information content (AvgIpc) is 2.48. The second kappa shape index (κ2) is 7.24. The number of methoxy groups -OCH3 is 1. The van der Waals surface area contributed by atoms with Crippen LogP contribution in [0.25, 0.3) is 0 Å². The topological polar surface area (TPSA) is 47.0 Å². The van der Waals surface area contributed by atoms with E-state index in [1.807, 2.05) is 24.3 Å². The molecule has 0 aliphatic rings. The fourth-order valence-electron chi connectivity index (χ4n) is 1.88. The van der Waals surface area contributed by atoms with E-state index in [1.165, 1.54) is 0 Å². The SMILES string of the molecule is CCCNc1nc(Cc2ccccc2OC)ncc1Br. The predicted octanol–water partition coefficient (Wildman–Crippen LogP) is 3.66. The summed E-state index contributed by atoms with van der Waals surface area (Å²) in [4.78, 5) is 8.92. The molecule has 0 radical (unpaired) electrons. The molecule has 0 amide bonds. The third-order valence-electron chi connectivity index (χ3n) is 2.88. The molecule has 20 heavy (non-hydrogen) atoms. The Kier molecular flexibility index (Phi) is 5.35. The van der Waals surface area contributed by atoms with Crippen LogP contribution in [-0.2, 0) is 6.42 Å². The number of aromatic nitrogens is 2. The largest absolute Gasteiger partial charge is 0.496 e. The number of nitrogens with one attached hydrogen (secondary N) is 1. The lowest BCUT2D eigenvalue weighted by atomic mass is 10.1. The maximum atomic E-state index is 5.36. The Hall–Kier alpha value is -1.62. The van der Waals surface area contributed by atoms with Crippen molar-refractivity contribution < 1.29 is 4.74 Å². The molecule has 1 N–H and O–H groups in total. The van der Waals surface area contributed by atoms with Crippen LogP contribution in [0.15, 0.2) is 34.9 Å². The molecule has 2 rings (SSSR count). The molecule has 1 heterocycles. The zero-order valence-electron chi connectivity index (χ0n) is 11.7. The fourth-order valence-corrected chi connectivity index (χ4v) is 2.21. The van der Waals surface area contributed by atoms with Gasteiger partial charge in [0, 0.05) is 24.7 Å². The van der Waals surface area contributed by atoms with Crippen molar-refractivity contribution in [3.63, 3.8) is 0 Å². The van der Waals surface area contributed by atoms with Crippen molar-refractivity contribution >= 4 is 21.7 Å². The van der Waals surface area contributed by atoms with E-state index < -0.39 is 0 Å². The summed E-state index contributed by atoms with van der Waals surface area (Å²) in [5.41, 5.74) is 1.08.